The van der Waals surface area contributed by atoms with Gasteiger partial charge in [0.15, 0.2) is 0 Å². The number of hydrogen-bond acceptors (Lipinski definition) is 4. The summed E-state index contributed by atoms with van der Waals surface area (Å²) in [7, 11) is 1.79. The topological polar surface area (TPSA) is 73.8 Å². The highest BCUT2D eigenvalue weighted by Crippen LogP contribution is 2.32. The number of nitro groups is 1. The summed E-state index contributed by atoms with van der Waals surface area (Å²) in [5, 5.41) is 12.2. The fraction of sp³-hybridized carbons (Fsp3) is 0.0769. The van der Waals surface area contributed by atoms with Crippen LogP contribution >= 0.6 is 23.2 Å². The molecule has 0 aliphatic rings. The molecule has 21 heavy (non-hydrogen) atoms. The maximum absolute atomic E-state index is 10.9. The molecule has 1 aromatic carbocycles. The molecule has 0 saturated carbocycles. The van der Waals surface area contributed by atoms with Crippen LogP contribution < -0.4 is 0 Å². The summed E-state index contributed by atoms with van der Waals surface area (Å²) in [4.78, 5) is 18.4. The van der Waals surface area contributed by atoms with Gasteiger partial charge in [-0.25, -0.2) is 9.97 Å². The van der Waals surface area contributed by atoms with Gasteiger partial charge in [-0.15, -0.1) is 0 Å². The van der Waals surface area contributed by atoms with Crippen LogP contribution in [0.1, 0.15) is 0 Å². The molecule has 0 bridgehead atoms. The average Bonchev–Trinajstić information content (AvgIpc) is 2.78. The fourth-order valence-electron chi connectivity index (χ4n) is 2.18. The number of rotatable bonds is 2. The zero-order chi connectivity index (χ0) is 15.1. The van der Waals surface area contributed by atoms with E-state index in [0.717, 1.165) is 5.39 Å². The highest BCUT2D eigenvalue weighted by molar-refractivity contribution is 6.33. The number of nitrogens with zero attached hydrogens (tertiary/aromatic N) is 4. The summed E-state index contributed by atoms with van der Waals surface area (Å²) < 4.78 is 1.78. The van der Waals surface area contributed by atoms with E-state index in [1.807, 2.05) is 6.07 Å². The summed E-state index contributed by atoms with van der Waals surface area (Å²) in [6, 6.07) is 6.51. The van der Waals surface area contributed by atoms with Crippen molar-refractivity contribution in [3.05, 3.63) is 50.9 Å². The normalized spacial score (nSPS) is 11.0. The lowest BCUT2D eigenvalue weighted by Gasteiger charge is -2.05. The first kappa shape index (κ1) is 13.8. The number of hydrogen-bond donors (Lipinski definition) is 0. The van der Waals surface area contributed by atoms with Crippen molar-refractivity contribution in [1.82, 2.24) is 14.5 Å². The van der Waals surface area contributed by atoms with Crippen molar-refractivity contribution in [2.45, 2.75) is 0 Å². The van der Waals surface area contributed by atoms with Crippen LogP contribution in [0.3, 0.4) is 0 Å². The van der Waals surface area contributed by atoms with Crippen LogP contribution in [0, 0.1) is 10.1 Å². The smallest absolute Gasteiger partial charge is 0.271 e. The maximum atomic E-state index is 10.9. The van der Waals surface area contributed by atoms with Gasteiger partial charge >= 0.3 is 0 Å². The third-order valence-corrected chi connectivity index (χ3v) is 3.66. The first-order valence-electron chi connectivity index (χ1n) is 5.89. The molecule has 2 heterocycles. The van der Waals surface area contributed by atoms with Gasteiger partial charge in [0.2, 0.25) is 5.28 Å². The largest absolute Gasteiger partial charge is 0.342 e. The number of halogens is 2. The van der Waals surface area contributed by atoms with Gasteiger partial charge in [0, 0.05) is 24.6 Å². The molecule has 0 aliphatic heterocycles. The van der Waals surface area contributed by atoms with Crippen molar-refractivity contribution in [3.63, 3.8) is 0 Å². The molecule has 6 nitrogen and oxygen atoms in total. The molecule has 0 aliphatic carbocycles. The van der Waals surface area contributed by atoms with E-state index >= 15 is 0 Å². The Morgan fingerprint density at radius 2 is 2.05 bits per heavy atom. The van der Waals surface area contributed by atoms with Gasteiger partial charge in [-0.1, -0.05) is 11.6 Å². The number of aromatic nitrogens is 3. The molecule has 106 valence electrons. The lowest BCUT2D eigenvalue weighted by atomic mass is 10.2. The molecule has 3 aromatic rings. The van der Waals surface area contributed by atoms with E-state index in [1.165, 1.54) is 18.3 Å². The standard InChI is InChI=1S/C13H8Cl2N4O2/c1-18-10-5-8(19(20)21)3-2-7(10)4-11(18)12-9(14)6-16-13(15)17-12/h2-6H,1H3. The van der Waals surface area contributed by atoms with E-state index in [-0.39, 0.29) is 11.0 Å². The molecular formula is C13H8Cl2N4O2. The van der Waals surface area contributed by atoms with Crippen LogP contribution in [0.2, 0.25) is 10.3 Å². The summed E-state index contributed by atoms with van der Waals surface area (Å²) in [6.07, 6.45) is 1.42. The monoisotopic (exact) mass is 322 g/mol. The summed E-state index contributed by atoms with van der Waals surface area (Å²) >= 11 is 11.9. The molecule has 0 radical (unpaired) electrons. The third kappa shape index (κ3) is 2.32. The molecule has 3 rings (SSSR count). The third-order valence-electron chi connectivity index (χ3n) is 3.20. The van der Waals surface area contributed by atoms with Gasteiger partial charge in [-0.3, -0.25) is 10.1 Å². The Hall–Kier alpha value is -2.18. The van der Waals surface area contributed by atoms with Crippen LogP contribution in [0.15, 0.2) is 30.5 Å². The lowest BCUT2D eigenvalue weighted by molar-refractivity contribution is -0.384. The molecule has 0 fully saturated rings. The molecule has 0 unspecified atom stereocenters. The molecule has 2 aromatic heterocycles. The minimum absolute atomic E-state index is 0.0297. The Bertz CT molecular complexity index is 876. The maximum Gasteiger partial charge on any atom is 0.271 e. The van der Waals surface area contributed by atoms with Gasteiger partial charge in [-0.05, 0) is 23.7 Å². The number of benzene rings is 1. The van der Waals surface area contributed by atoms with Crippen LogP contribution in [-0.4, -0.2) is 19.5 Å². The predicted molar refractivity (Wildman–Crippen MR) is 80.6 cm³/mol. The zero-order valence-electron chi connectivity index (χ0n) is 10.7. The van der Waals surface area contributed by atoms with Crippen molar-refractivity contribution < 1.29 is 4.92 Å². The summed E-state index contributed by atoms with van der Waals surface area (Å²) in [6.45, 7) is 0. The van der Waals surface area contributed by atoms with Gasteiger partial charge in [-0.2, -0.15) is 0 Å². The SMILES string of the molecule is Cn1c(-c2nc(Cl)ncc2Cl)cc2ccc([N+](=O)[O-])cc21. The van der Waals surface area contributed by atoms with E-state index in [2.05, 4.69) is 9.97 Å². The number of nitro benzene ring substituents is 1. The van der Waals surface area contributed by atoms with Crippen LogP contribution in [0.4, 0.5) is 5.69 Å². The van der Waals surface area contributed by atoms with E-state index in [0.29, 0.717) is 21.9 Å². The molecule has 8 heteroatoms. The Balaban J connectivity index is 2.27. The van der Waals surface area contributed by atoms with Crippen molar-refractivity contribution in [2.24, 2.45) is 7.05 Å². The van der Waals surface area contributed by atoms with Gasteiger partial charge in [0.05, 0.1) is 27.4 Å². The predicted octanol–water partition coefficient (Wildman–Crippen LogP) is 3.85. The lowest BCUT2D eigenvalue weighted by Crippen LogP contribution is -1.96. The number of non-ortho nitro benzene ring substituents is 1. The zero-order valence-corrected chi connectivity index (χ0v) is 12.3. The summed E-state index contributed by atoms with van der Waals surface area (Å²) in [5.74, 6) is 0. The molecule has 0 saturated heterocycles. The molecular weight excluding hydrogens is 315 g/mol. The quantitative estimate of drug-likeness (QED) is 0.408. The number of fused-ring (bicyclic) bond motifs is 1. The van der Waals surface area contributed by atoms with E-state index < -0.39 is 4.92 Å². The Kier molecular flexibility index (Phi) is 3.27. The van der Waals surface area contributed by atoms with Crippen LogP contribution in [-0.2, 0) is 7.05 Å². The van der Waals surface area contributed by atoms with E-state index in [4.69, 9.17) is 23.2 Å². The van der Waals surface area contributed by atoms with Gasteiger partial charge < -0.3 is 4.57 Å². The first-order valence-corrected chi connectivity index (χ1v) is 6.65. The molecule has 0 spiro atoms. The Labute approximate surface area is 129 Å². The highest BCUT2D eigenvalue weighted by atomic mass is 35.5. The van der Waals surface area contributed by atoms with Gasteiger partial charge in [0.1, 0.15) is 5.69 Å². The second-order valence-electron chi connectivity index (χ2n) is 4.42. The first-order chi connectivity index (χ1) is 9.97. The molecule has 0 N–H and O–H groups in total. The number of aryl methyl sites for hydroxylation is 1. The second kappa shape index (κ2) is 4.98. The fourth-order valence-corrected chi connectivity index (χ4v) is 2.51. The van der Waals surface area contributed by atoms with Crippen molar-refractivity contribution in [1.29, 1.82) is 0 Å². The van der Waals surface area contributed by atoms with Crippen molar-refractivity contribution in [2.75, 3.05) is 0 Å². The van der Waals surface area contributed by atoms with Crippen molar-refractivity contribution in [3.8, 4) is 11.4 Å². The summed E-state index contributed by atoms with van der Waals surface area (Å²) in [5.41, 5.74) is 1.94. The minimum Gasteiger partial charge on any atom is -0.342 e. The van der Waals surface area contributed by atoms with E-state index in [1.54, 1.807) is 17.7 Å². The molecule has 0 amide bonds. The second-order valence-corrected chi connectivity index (χ2v) is 5.17. The minimum atomic E-state index is -0.430. The van der Waals surface area contributed by atoms with Crippen LogP contribution in [0.25, 0.3) is 22.3 Å². The van der Waals surface area contributed by atoms with E-state index in [9.17, 15) is 10.1 Å². The highest BCUT2D eigenvalue weighted by Gasteiger charge is 2.15. The molecule has 0 atom stereocenters. The van der Waals surface area contributed by atoms with Gasteiger partial charge in [0.25, 0.3) is 5.69 Å². The Morgan fingerprint density at radius 3 is 2.76 bits per heavy atom. The van der Waals surface area contributed by atoms with Crippen molar-refractivity contribution >= 4 is 39.8 Å². The van der Waals surface area contributed by atoms with Crippen LogP contribution in [0.5, 0.6) is 0 Å². The average molecular weight is 323 g/mol. The Morgan fingerprint density at radius 1 is 1.29 bits per heavy atom.